The third-order valence-corrected chi connectivity index (χ3v) is 10.1. The summed E-state index contributed by atoms with van der Waals surface area (Å²) >= 11 is 0. The number of nitrogens with zero attached hydrogens (tertiary/aromatic N) is 3. The molecule has 0 amide bonds. The van der Waals surface area contributed by atoms with Gasteiger partial charge in [0.1, 0.15) is 22.3 Å². The molecule has 0 saturated heterocycles. The first kappa shape index (κ1) is 28.7. The lowest BCUT2D eigenvalue weighted by Crippen LogP contribution is -2.01. The quantitative estimate of drug-likeness (QED) is 0.175. The van der Waals surface area contributed by atoms with Crippen molar-refractivity contribution in [2.24, 2.45) is 0 Å². The van der Waals surface area contributed by atoms with E-state index in [4.69, 9.17) is 23.8 Å². The van der Waals surface area contributed by atoms with Gasteiger partial charge < -0.3 is 8.83 Å². The fourth-order valence-electron chi connectivity index (χ4n) is 7.71. The van der Waals surface area contributed by atoms with Gasteiger partial charge in [-0.25, -0.2) is 15.0 Å². The van der Waals surface area contributed by atoms with Crippen LogP contribution in [-0.4, -0.2) is 15.0 Å². The predicted molar refractivity (Wildman–Crippen MR) is 211 cm³/mol. The second-order valence-corrected chi connectivity index (χ2v) is 13.1. The molecule has 0 aliphatic rings. The van der Waals surface area contributed by atoms with Crippen LogP contribution < -0.4 is 0 Å². The molecule has 3 heterocycles. The van der Waals surface area contributed by atoms with Crippen molar-refractivity contribution in [3.8, 4) is 45.3 Å². The Morgan fingerprint density at radius 1 is 0.308 bits per heavy atom. The molecule has 0 spiro atoms. The van der Waals surface area contributed by atoms with Crippen molar-refractivity contribution in [3.63, 3.8) is 0 Å². The van der Waals surface area contributed by atoms with Gasteiger partial charge in [0, 0.05) is 43.6 Å². The molecule has 52 heavy (non-hydrogen) atoms. The highest BCUT2D eigenvalue weighted by molar-refractivity contribution is 6.30. The lowest BCUT2D eigenvalue weighted by Gasteiger charge is -2.12. The first-order valence-corrected chi connectivity index (χ1v) is 17.4. The molecule has 0 atom stereocenters. The number of hydrogen-bond acceptors (Lipinski definition) is 5. The van der Waals surface area contributed by atoms with Gasteiger partial charge in [-0.1, -0.05) is 127 Å². The van der Waals surface area contributed by atoms with E-state index in [1.165, 1.54) is 0 Å². The first-order chi connectivity index (χ1) is 25.8. The minimum atomic E-state index is 0.580. The van der Waals surface area contributed by atoms with E-state index in [1.807, 2.05) is 66.7 Å². The van der Waals surface area contributed by atoms with E-state index in [2.05, 4.69) is 97.1 Å². The summed E-state index contributed by atoms with van der Waals surface area (Å²) in [4.78, 5) is 15.6. The lowest BCUT2D eigenvalue weighted by molar-refractivity contribution is 0.669. The van der Waals surface area contributed by atoms with Crippen LogP contribution in [0.15, 0.2) is 173 Å². The highest BCUT2D eigenvalue weighted by Gasteiger charge is 2.21. The molecule has 11 rings (SSSR count). The molecule has 0 bridgehead atoms. The van der Waals surface area contributed by atoms with Crippen LogP contribution in [0.1, 0.15) is 0 Å². The van der Waals surface area contributed by atoms with Crippen molar-refractivity contribution in [2.75, 3.05) is 0 Å². The molecule has 0 N–H and O–H groups in total. The van der Waals surface area contributed by atoms with Gasteiger partial charge in [0.05, 0.1) is 0 Å². The SMILES string of the molecule is c1ccc(-c2cc(-c3nc(-c4ccccc4)nc(-c4ccc5c(c4)c4ccccc4c4c6ccccc6oc54)n3)c3c(c2)oc2ccccc23)cc1. The number of rotatable bonds is 4. The molecule has 0 radical (unpaired) electrons. The van der Waals surface area contributed by atoms with Gasteiger partial charge in [-0.05, 0) is 63.7 Å². The summed E-state index contributed by atoms with van der Waals surface area (Å²) in [5, 5.41) is 8.68. The van der Waals surface area contributed by atoms with Crippen molar-refractivity contribution in [3.05, 3.63) is 164 Å². The molecule has 11 aromatic rings. The average molecular weight is 666 g/mol. The molecule has 3 aromatic heterocycles. The van der Waals surface area contributed by atoms with E-state index >= 15 is 0 Å². The number of furan rings is 2. The van der Waals surface area contributed by atoms with Crippen molar-refractivity contribution in [1.82, 2.24) is 15.0 Å². The Kier molecular flexibility index (Phi) is 6.18. The summed E-state index contributed by atoms with van der Waals surface area (Å²) in [5.74, 6) is 1.77. The zero-order valence-corrected chi connectivity index (χ0v) is 27.7. The summed E-state index contributed by atoms with van der Waals surface area (Å²) in [5.41, 5.74) is 8.17. The number of fused-ring (bicyclic) bond motifs is 11. The van der Waals surface area contributed by atoms with Crippen LogP contribution in [0, 0.1) is 0 Å². The maximum atomic E-state index is 6.54. The molecule has 5 heteroatoms. The Balaban J connectivity index is 1.20. The van der Waals surface area contributed by atoms with Crippen LogP contribution in [-0.2, 0) is 0 Å². The van der Waals surface area contributed by atoms with Gasteiger partial charge in [-0.15, -0.1) is 0 Å². The molecule has 5 nitrogen and oxygen atoms in total. The minimum absolute atomic E-state index is 0.580. The summed E-state index contributed by atoms with van der Waals surface area (Å²) in [6.45, 7) is 0. The second kappa shape index (κ2) is 11.2. The first-order valence-electron chi connectivity index (χ1n) is 17.4. The van der Waals surface area contributed by atoms with E-state index in [0.717, 1.165) is 93.2 Å². The fraction of sp³-hybridized carbons (Fsp3) is 0. The Bertz CT molecular complexity index is 3180. The van der Waals surface area contributed by atoms with Crippen LogP contribution in [0.4, 0.5) is 0 Å². The summed E-state index contributed by atoms with van der Waals surface area (Å²) < 4.78 is 13.0. The smallest absolute Gasteiger partial charge is 0.164 e. The highest BCUT2D eigenvalue weighted by Crippen LogP contribution is 2.43. The predicted octanol–water partition coefficient (Wildman–Crippen LogP) is 12.6. The van der Waals surface area contributed by atoms with Crippen LogP contribution >= 0.6 is 0 Å². The average Bonchev–Trinajstić information content (AvgIpc) is 3.80. The summed E-state index contributed by atoms with van der Waals surface area (Å²) in [6.07, 6.45) is 0. The van der Waals surface area contributed by atoms with E-state index in [0.29, 0.717) is 17.5 Å². The molecule has 242 valence electrons. The third kappa shape index (κ3) is 4.39. The van der Waals surface area contributed by atoms with E-state index in [9.17, 15) is 0 Å². The molecular weight excluding hydrogens is 639 g/mol. The van der Waals surface area contributed by atoms with Crippen LogP contribution in [0.3, 0.4) is 0 Å². The van der Waals surface area contributed by atoms with Gasteiger partial charge >= 0.3 is 0 Å². The normalized spacial score (nSPS) is 11.8. The van der Waals surface area contributed by atoms with Crippen molar-refractivity contribution in [1.29, 1.82) is 0 Å². The van der Waals surface area contributed by atoms with E-state index < -0.39 is 0 Å². The van der Waals surface area contributed by atoms with E-state index in [-0.39, 0.29) is 0 Å². The number of para-hydroxylation sites is 2. The number of hydrogen-bond donors (Lipinski definition) is 0. The van der Waals surface area contributed by atoms with Crippen LogP contribution in [0.5, 0.6) is 0 Å². The van der Waals surface area contributed by atoms with Crippen molar-refractivity contribution in [2.45, 2.75) is 0 Å². The minimum Gasteiger partial charge on any atom is -0.456 e. The zero-order valence-electron chi connectivity index (χ0n) is 27.7. The molecule has 0 unspecified atom stereocenters. The molecule has 8 aromatic carbocycles. The van der Waals surface area contributed by atoms with Gasteiger partial charge in [0.2, 0.25) is 0 Å². The maximum absolute atomic E-state index is 6.54. The van der Waals surface area contributed by atoms with Gasteiger partial charge in [0.25, 0.3) is 0 Å². The molecule has 0 aliphatic carbocycles. The number of benzene rings is 8. The van der Waals surface area contributed by atoms with Gasteiger partial charge in [-0.3, -0.25) is 0 Å². The zero-order chi connectivity index (χ0) is 34.2. The largest absolute Gasteiger partial charge is 0.456 e. The van der Waals surface area contributed by atoms with Crippen LogP contribution in [0.25, 0.3) is 111 Å². The topological polar surface area (TPSA) is 65.0 Å². The highest BCUT2D eigenvalue weighted by atomic mass is 16.3. The van der Waals surface area contributed by atoms with Crippen molar-refractivity contribution < 1.29 is 8.83 Å². The van der Waals surface area contributed by atoms with E-state index in [1.54, 1.807) is 0 Å². The Labute approximate surface area is 297 Å². The molecule has 0 aliphatic heterocycles. The Hall–Kier alpha value is -7.11. The Morgan fingerprint density at radius 2 is 0.885 bits per heavy atom. The van der Waals surface area contributed by atoms with Crippen LogP contribution in [0.2, 0.25) is 0 Å². The summed E-state index contributed by atoms with van der Waals surface area (Å²) in [6, 6.07) is 56.1. The fourth-order valence-corrected chi connectivity index (χ4v) is 7.71. The Morgan fingerprint density at radius 3 is 1.63 bits per heavy atom. The summed E-state index contributed by atoms with van der Waals surface area (Å²) in [7, 11) is 0. The second-order valence-electron chi connectivity index (χ2n) is 13.1. The molecule has 0 fully saturated rings. The standard InChI is InChI=1S/C47H27N3O2/c1-3-13-28(14-4-1)31-26-38(42-35-19-9-11-21-39(35)51-41(42)27-31)47-49-45(29-15-5-2-6-16-29)48-46(50-47)30-23-24-34-37(25-30)32-17-7-8-18-33(32)43-36-20-10-12-22-40(36)52-44(34)43/h1-27H. The van der Waals surface area contributed by atoms with Gasteiger partial charge in [-0.2, -0.15) is 0 Å². The molecular formula is C47H27N3O2. The molecule has 0 saturated carbocycles. The maximum Gasteiger partial charge on any atom is 0.164 e. The third-order valence-electron chi connectivity index (χ3n) is 10.1. The van der Waals surface area contributed by atoms with Gasteiger partial charge in [0.15, 0.2) is 17.5 Å². The van der Waals surface area contributed by atoms with Crippen molar-refractivity contribution >= 4 is 65.4 Å². The lowest BCUT2D eigenvalue weighted by atomic mass is 9.95. The number of aromatic nitrogens is 3. The monoisotopic (exact) mass is 665 g/mol.